The predicted octanol–water partition coefficient (Wildman–Crippen LogP) is -0.681. The van der Waals surface area contributed by atoms with E-state index in [0.717, 1.165) is 0 Å². The summed E-state index contributed by atoms with van der Waals surface area (Å²) in [4.78, 5) is 0. The highest BCUT2D eigenvalue weighted by Gasteiger charge is 2.24. The number of aliphatic hydroxyl groups is 2. The molecule has 0 aromatic heterocycles. The second-order valence-electron chi connectivity index (χ2n) is 2.94. The Kier molecular flexibility index (Phi) is 5.67. The standard InChI is InChI=1S/C5H12O6S.H3N/c1-5(2,3-4(6)7)11-12(8,9)10;/h4,6-7H,3H2,1-2H3,(H,8,9,10);1H3. The van der Waals surface area contributed by atoms with Gasteiger partial charge in [0.2, 0.25) is 10.4 Å². The molecular weight excluding hydrogens is 202 g/mol. The first-order valence-corrected chi connectivity index (χ1v) is 4.48. The Bertz CT molecular complexity index is 233. The molecule has 0 saturated heterocycles. The van der Waals surface area contributed by atoms with Crippen LogP contribution in [-0.4, -0.2) is 35.1 Å². The lowest BCUT2D eigenvalue weighted by Gasteiger charge is -2.26. The van der Waals surface area contributed by atoms with Crippen LogP contribution in [-0.2, 0) is 14.6 Å². The van der Waals surface area contributed by atoms with E-state index in [1.807, 2.05) is 0 Å². The van der Waals surface area contributed by atoms with Crippen LogP contribution < -0.4 is 6.15 Å². The van der Waals surface area contributed by atoms with Crippen LogP contribution >= 0.6 is 0 Å². The molecular formula is C5H15NO6S. The molecule has 0 aliphatic carbocycles. The number of quaternary nitrogens is 1. The van der Waals surface area contributed by atoms with Gasteiger partial charge in [0.15, 0.2) is 6.29 Å². The highest BCUT2D eigenvalue weighted by molar-refractivity contribution is 7.80. The molecule has 82 valence electrons. The van der Waals surface area contributed by atoms with E-state index in [1.54, 1.807) is 0 Å². The molecule has 0 spiro atoms. The second kappa shape index (κ2) is 4.84. The summed E-state index contributed by atoms with van der Waals surface area (Å²) in [6.07, 6.45) is -2.06. The number of hydrogen-bond acceptors (Lipinski definition) is 6. The van der Waals surface area contributed by atoms with E-state index in [2.05, 4.69) is 4.18 Å². The number of aliphatic hydroxyl groups excluding tert-OH is 1. The van der Waals surface area contributed by atoms with Crippen molar-refractivity contribution in [2.45, 2.75) is 32.2 Å². The summed E-state index contributed by atoms with van der Waals surface area (Å²) in [6, 6.07) is 0. The van der Waals surface area contributed by atoms with Gasteiger partial charge in [-0.1, -0.05) is 0 Å². The van der Waals surface area contributed by atoms with Crippen molar-refractivity contribution < 1.29 is 27.4 Å². The summed E-state index contributed by atoms with van der Waals surface area (Å²) in [6.45, 7) is 2.53. The molecule has 0 aromatic carbocycles. The minimum atomic E-state index is -4.80. The average Bonchev–Trinajstić information content (AvgIpc) is 1.48. The third-order valence-corrected chi connectivity index (χ3v) is 1.66. The van der Waals surface area contributed by atoms with Gasteiger partial charge in [-0.05, 0) is 13.8 Å². The Hall–Kier alpha value is -0.250. The lowest BCUT2D eigenvalue weighted by Crippen LogP contribution is -2.32. The molecule has 0 amide bonds. The Labute approximate surface area is 76.9 Å². The summed E-state index contributed by atoms with van der Waals surface area (Å²) < 4.78 is 34.3. The molecule has 7 nitrogen and oxygen atoms in total. The van der Waals surface area contributed by atoms with Crippen LogP contribution in [0.3, 0.4) is 0 Å². The van der Waals surface area contributed by atoms with Crippen molar-refractivity contribution in [3.63, 3.8) is 0 Å². The minimum Gasteiger partial charge on any atom is -0.726 e. The average molecular weight is 217 g/mol. The van der Waals surface area contributed by atoms with Crippen LogP contribution in [0, 0.1) is 0 Å². The zero-order valence-corrected chi connectivity index (χ0v) is 8.54. The van der Waals surface area contributed by atoms with Gasteiger partial charge in [0, 0.05) is 6.42 Å². The molecule has 0 saturated carbocycles. The summed E-state index contributed by atoms with van der Waals surface area (Å²) in [5.41, 5.74) is -1.39. The molecule has 0 radical (unpaired) electrons. The first-order chi connectivity index (χ1) is 5.12. The summed E-state index contributed by atoms with van der Waals surface area (Å²) in [7, 11) is -4.80. The highest BCUT2D eigenvalue weighted by atomic mass is 32.3. The van der Waals surface area contributed by atoms with E-state index in [1.165, 1.54) is 13.8 Å². The highest BCUT2D eigenvalue weighted by Crippen LogP contribution is 2.17. The SMILES string of the molecule is CC(C)(CC(O)O)OS(=O)(=O)[O-].[NH4+]. The second-order valence-corrected chi connectivity index (χ2v) is 3.92. The zero-order valence-electron chi connectivity index (χ0n) is 7.72. The monoisotopic (exact) mass is 217 g/mol. The van der Waals surface area contributed by atoms with Crippen molar-refractivity contribution in [1.29, 1.82) is 0 Å². The lowest BCUT2D eigenvalue weighted by molar-refractivity contribution is -0.0846. The maximum Gasteiger partial charge on any atom is 0.218 e. The molecule has 0 aromatic rings. The Balaban J connectivity index is 0. The molecule has 0 aliphatic rings. The quantitative estimate of drug-likeness (QED) is 0.323. The third kappa shape index (κ3) is 9.67. The molecule has 13 heavy (non-hydrogen) atoms. The first-order valence-electron chi connectivity index (χ1n) is 3.15. The fourth-order valence-corrected chi connectivity index (χ4v) is 1.37. The van der Waals surface area contributed by atoms with Crippen LogP contribution in [0.25, 0.3) is 0 Å². The van der Waals surface area contributed by atoms with Crippen molar-refractivity contribution in [2.24, 2.45) is 0 Å². The van der Waals surface area contributed by atoms with E-state index in [4.69, 9.17) is 10.2 Å². The normalized spacial score (nSPS) is 12.8. The van der Waals surface area contributed by atoms with Gasteiger partial charge >= 0.3 is 0 Å². The largest absolute Gasteiger partial charge is 0.726 e. The smallest absolute Gasteiger partial charge is 0.218 e. The fourth-order valence-electron chi connectivity index (χ4n) is 0.750. The molecule has 0 atom stereocenters. The van der Waals surface area contributed by atoms with Crippen LogP contribution in [0.1, 0.15) is 20.3 Å². The minimum absolute atomic E-state index is 0. The van der Waals surface area contributed by atoms with Gasteiger partial charge in [0.1, 0.15) is 0 Å². The molecule has 8 heteroatoms. The zero-order chi connectivity index (χ0) is 9.99. The van der Waals surface area contributed by atoms with Crippen LogP contribution in [0.15, 0.2) is 0 Å². The summed E-state index contributed by atoms with van der Waals surface area (Å²) in [5.74, 6) is 0. The van der Waals surface area contributed by atoms with Crippen molar-refractivity contribution in [2.75, 3.05) is 0 Å². The van der Waals surface area contributed by atoms with E-state index < -0.39 is 22.3 Å². The molecule has 0 aliphatic heterocycles. The van der Waals surface area contributed by atoms with Gasteiger partial charge in [-0.3, -0.25) is 4.18 Å². The molecule has 0 unspecified atom stereocenters. The predicted molar refractivity (Wildman–Crippen MR) is 43.7 cm³/mol. The van der Waals surface area contributed by atoms with Gasteiger partial charge in [0.05, 0.1) is 5.60 Å². The molecule has 6 N–H and O–H groups in total. The van der Waals surface area contributed by atoms with Crippen molar-refractivity contribution in [1.82, 2.24) is 6.15 Å². The maximum absolute atomic E-state index is 10.1. The Morgan fingerprint density at radius 3 is 2.08 bits per heavy atom. The van der Waals surface area contributed by atoms with E-state index in [-0.39, 0.29) is 12.6 Å². The Morgan fingerprint density at radius 1 is 1.46 bits per heavy atom. The molecule has 0 fully saturated rings. The third-order valence-electron chi connectivity index (χ3n) is 1.00. The number of hydrogen-bond donors (Lipinski definition) is 3. The van der Waals surface area contributed by atoms with E-state index in [0.29, 0.717) is 0 Å². The first kappa shape index (κ1) is 15.2. The van der Waals surface area contributed by atoms with E-state index >= 15 is 0 Å². The maximum atomic E-state index is 10.1. The van der Waals surface area contributed by atoms with Crippen LogP contribution in [0.4, 0.5) is 0 Å². The molecule has 0 rings (SSSR count). The van der Waals surface area contributed by atoms with Crippen LogP contribution in [0.5, 0.6) is 0 Å². The van der Waals surface area contributed by atoms with Crippen molar-refractivity contribution >= 4 is 10.4 Å². The van der Waals surface area contributed by atoms with Gasteiger partial charge < -0.3 is 20.9 Å². The topological polar surface area (TPSA) is 143 Å². The van der Waals surface area contributed by atoms with E-state index in [9.17, 15) is 13.0 Å². The van der Waals surface area contributed by atoms with Gasteiger partial charge in [-0.25, -0.2) is 8.42 Å². The fraction of sp³-hybridized carbons (Fsp3) is 1.00. The summed E-state index contributed by atoms with van der Waals surface area (Å²) >= 11 is 0. The Morgan fingerprint density at radius 2 is 1.85 bits per heavy atom. The van der Waals surface area contributed by atoms with Gasteiger partial charge in [-0.2, -0.15) is 0 Å². The van der Waals surface area contributed by atoms with Crippen LogP contribution in [0.2, 0.25) is 0 Å². The lowest BCUT2D eigenvalue weighted by atomic mass is 10.1. The van der Waals surface area contributed by atoms with Gasteiger partial charge in [0.25, 0.3) is 0 Å². The molecule has 0 heterocycles. The van der Waals surface area contributed by atoms with Gasteiger partial charge in [-0.15, -0.1) is 0 Å². The molecule has 0 bridgehead atoms. The number of rotatable bonds is 4. The van der Waals surface area contributed by atoms with Crippen molar-refractivity contribution in [3.05, 3.63) is 0 Å². The van der Waals surface area contributed by atoms with Crippen molar-refractivity contribution in [3.8, 4) is 0 Å². The summed E-state index contributed by atoms with van der Waals surface area (Å²) in [5, 5.41) is 16.9.